The highest BCUT2D eigenvalue weighted by Gasteiger charge is 2.38. The largest absolute Gasteiger partial charge is 0.380 e. The summed E-state index contributed by atoms with van der Waals surface area (Å²) in [6, 6.07) is 13.6. The molecule has 2 aromatic rings. The van der Waals surface area contributed by atoms with Crippen molar-refractivity contribution in [1.29, 1.82) is 0 Å². The Hall–Kier alpha value is -1.93. The third-order valence-electron chi connectivity index (χ3n) is 4.04. The van der Waals surface area contributed by atoms with E-state index in [0.29, 0.717) is 16.4 Å². The van der Waals surface area contributed by atoms with Gasteiger partial charge < -0.3 is 14.7 Å². The second kappa shape index (κ2) is 7.00. The Labute approximate surface area is 157 Å². The number of rotatable bonds is 5. The van der Waals surface area contributed by atoms with Crippen LogP contribution in [0.1, 0.15) is 5.56 Å². The maximum Gasteiger partial charge on any atom is 0.199 e. The first-order valence-electron chi connectivity index (χ1n) is 7.87. The van der Waals surface area contributed by atoms with Crippen LogP contribution in [0.4, 0.5) is 5.69 Å². The lowest BCUT2D eigenvalue weighted by Crippen LogP contribution is -2.39. The SMILES string of the molecule is COCC1(O)CN(c2ccc(Cl)cc2)C(c2ccc(S(C)(=O)=O)cc2)=N1. The van der Waals surface area contributed by atoms with Crippen molar-refractivity contribution in [2.45, 2.75) is 10.6 Å². The van der Waals surface area contributed by atoms with Crippen molar-refractivity contribution in [3.8, 4) is 0 Å². The van der Waals surface area contributed by atoms with E-state index in [1.165, 1.54) is 19.2 Å². The molecule has 0 spiro atoms. The van der Waals surface area contributed by atoms with Gasteiger partial charge in [-0.3, -0.25) is 0 Å². The Bertz CT molecular complexity index is 927. The number of β-amino-alcohol motifs (C(OH)–C–C–N with tert-alkyl or cyclic N) is 1. The first kappa shape index (κ1) is 18.8. The lowest BCUT2D eigenvalue weighted by Gasteiger charge is -2.24. The topological polar surface area (TPSA) is 79.2 Å². The summed E-state index contributed by atoms with van der Waals surface area (Å²) in [5, 5.41) is 11.3. The minimum Gasteiger partial charge on any atom is -0.380 e. The summed E-state index contributed by atoms with van der Waals surface area (Å²) in [6.45, 7) is 0.258. The van der Waals surface area contributed by atoms with Crippen molar-refractivity contribution in [2.75, 3.05) is 31.4 Å². The molecule has 0 bridgehead atoms. The molecular formula is C18H19ClN2O4S. The maximum atomic E-state index is 11.7. The summed E-state index contributed by atoms with van der Waals surface area (Å²) in [4.78, 5) is 6.52. The molecule has 138 valence electrons. The molecule has 0 radical (unpaired) electrons. The number of hydrogen-bond donors (Lipinski definition) is 1. The molecule has 1 atom stereocenters. The van der Waals surface area contributed by atoms with Crippen LogP contribution in [0.3, 0.4) is 0 Å². The maximum absolute atomic E-state index is 11.7. The second-order valence-electron chi connectivity index (χ2n) is 6.21. The van der Waals surface area contributed by atoms with Gasteiger partial charge in [0, 0.05) is 29.6 Å². The third kappa shape index (κ3) is 3.91. The van der Waals surface area contributed by atoms with E-state index in [1.54, 1.807) is 24.3 Å². The number of nitrogens with zero attached hydrogens (tertiary/aromatic N) is 2. The van der Waals surface area contributed by atoms with Crippen molar-refractivity contribution in [3.63, 3.8) is 0 Å². The summed E-state index contributed by atoms with van der Waals surface area (Å²) in [5.74, 6) is 0.534. The van der Waals surface area contributed by atoms with Crippen LogP contribution >= 0.6 is 11.6 Å². The first-order valence-corrected chi connectivity index (χ1v) is 10.1. The highest BCUT2D eigenvalue weighted by atomic mass is 35.5. The van der Waals surface area contributed by atoms with E-state index in [2.05, 4.69) is 4.99 Å². The molecule has 1 N–H and O–H groups in total. The number of ether oxygens (including phenoxy) is 1. The number of halogens is 1. The van der Waals surface area contributed by atoms with Gasteiger partial charge in [-0.1, -0.05) is 11.6 Å². The fourth-order valence-electron chi connectivity index (χ4n) is 2.84. The molecule has 0 amide bonds. The van der Waals surface area contributed by atoms with E-state index in [9.17, 15) is 13.5 Å². The molecule has 1 unspecified atom stereocenters. The fraction of sp³-hybridized carbons (Fsp3) is 0.278. The molecule has 26 heavy (non-hydrogen) atoms. The van der Waals surface area contributed by atoms with Crippen molar-refractivity contribution in [3.05, 3.63) is 59.1 Å². The Morgan fingerprint density at radius 2 is 1.81 bits per heavy atom. The van der Waals surface area contributed by atoms with Gasteiger partial charge in [0.25, 0.3) is 0 Å². The number of methoxy groups -OCH3 is 1. The van der Waals surface area contributed by atoms with Gasteiger partial charge in [0.2, 0.25) is 0 Å². The number of benzene rings is 2. The van der Waals surface area contributed by atoms with E-state index in [-0.39, 0.29) is 18.0 Å². The molecule has 2 aromatic carbocycles. The number of aliphatic hydroxyl groups is 1. The number of sulfone groups is 1. The van der Waals surface area contributed by atoms with Crippen LogP contribution in [0.2, 0.25) is 5.02 Å². The summed E-state index contributed by atoms with van der Waals surface area (Å²) in [6.07, 6.45) is 1.16. The van der Waals surface area contributed by atoms with Gasteiger partial charge >= 0.3 is 0 Å². The predicted molar refractivity (Wildman–Crippen MR) is 102 cm³/mol. The number of hydrogen-bond acceptors (Lipinski definition) is 6. The molecule has 0 aliphatic carbocycles. The summed E-state index contributed by atoms with van der Waals surface area (Å²) in [5.41, 5.74) is 0.117. The highest BCUT2D eigenvalue weighted by molar-refractivity contribution is 7.90. The molecule has 0 fully saturated rings. The molecule has 0 saturated carbocycles. The molecule has 6 nitrogen and oxygen atoms in total. The Morgan fingerprint density at radius 3 is 2.35 bits per heavy atom. The number of amidine groups is 1. The quantitative estimate of drug-likeness (QED) is 0.842. The average Bonchev–Trinajstić information content (AvgIpc) is 2.93. The fourth-order valence-corrected chi connectivity index (χ4v) is 3.59. The summed E-state index contributed by atoms with van der Waals surface area (Å²) in [7, 11) is -1.78. The lowest BCUT2D eigenvalue weighted by molar-refractivity contribution is -0.0110. The van der Waals surface area contributed by atoms with Gasteiger partial charge in [-0.15, -0.1) is 0 Å². The molecule has 1 aliphatic rings. The zero-order chi connectivity index (χ0) is 18.9. The molecule has 8 heteroatoms. The average molecular weight is 395 g/mol. The van der Waals surface area contributed by atoms with E-state index >= 15 is 0 Å². The predicted octanol–water partition coefficient (Wildman–Crippen LogP) is 2.35. The molecule has 0 saturated heterocycles. The van der Waals surface area contributed by atoms with Crippen molar-refractivity contribution >= 4 is 33.0 Å². The van der Waals surface area contributed by atoms with Crippen LogP contribution < -0.4 is 4.90 Å². The molecule has 1 aliphatic heterocycles. The second-order valence-corrected chi connectivity index (χ2v) is 8.66. The van der Waals surface area contributed by atoms with Crippen LogP contribution in [0, 0.1) is 0 Å². The van der Waals surface area contributed by atoms with Crippen LogP contribution in [0.25, 0.3) is 0 Å². The monoisotopic (exact) mass is 394 g/mol. The summed E-state index contributed by atoms with van der Waals surface area (Å²) >= 11 is 5.96. The van der Waals surface area contributed by atoms with Gasteiger partial charge in [-0.05, 0) is 48.5 Å². The van der Waals surface area contributed by atoms with Crippen LogP contribution in [-0.4, -0.2) is 51.6 Å². The molecule has 3 rings (SSSR count). The smallest absolute Gasteiger partial charge is 0.199 e. The Kier molecular flexibility index (Phi) is 5.07. The van der Waals surface area contributed by atoms with Gasteiger partial charge in [-0.25, -0.2) is 13.4 Å². The lowest BCUT2D eigenvalue weighted by atomic mass is 10.1. The number of aliphatic imine (C=N–C) groups is 1. The summed E-state index contributed by atoms with van der Waals surface area (Å²) < 4.78 is 28.4. The Morgan fingerprint density at radius 1 is 1.19 bits per heavy atom. The third-order valence-corrected chi connectivity index (χ3v) is 5.42. The highest BCUT2D eigenvalue weighted by Crippen LogP contribution is 2.29. The molecule has 0 aromatic heterocycles. The van der Waals surface area contributed by atoms with Crippen LogP contribution in [0.15, 0.2) is 58.4 Å². The van der Waals surface area contributed by atoms with E-state index in [0.717, 1.165) is 11.9 Å². The first-order chi connectivity index (χ1) is 12.2. The van der Waals surface area contributed by atoms with Crippen molar-refractivity contribution in [1.82, 2.24) is 0 Å². The zero-order valence-electron chi connectivity index (χ0n) is 14.4. The normalized spacial score (nSPS) is 20.3. The van der Waals surface area contributed by atoms with Crippen molar-refractivity contribution < 1.29 is 18.3 Å². The van der Waals surface area contributed by atoms with Crippen LogP contribution in [-0.2, 0) is 14.6 Å². The van der Waals surface area contributed by atoms with Crippen LogP contribution in [0.5, 0.6) is 0 Å². The number of anilines is 1. The van der Waals surface area contributed by atoms with Gasteiger partial charge in [0.1, 0.15) is 5.84 Å². The van der Waals surface area contributed by atoms with Gasteiger partial charge in [0.05, 0.1) is 18.0 Å². The minimum atomic E-state index is -3.28. The van der Waals surface area contributed by atoms with E-state index in [1.807, 2.05) is 17.0 Å². The Balaban J connectivity index is 2.02. The molecular weight excluding hydrogens is 376 g/mol. The van der Waals surface area contributed by atoms with E-state index < -0.39 is 15.6 Å². The van der Waals surface area contributed by atoms with E-state index in [4.69, 9.17) is 16.3 Å². The molecule has 1 heterocycles. The minimum absolute atomic E-state index is 0.0437. The van der Waals surface area contributed by atoms with Gasteiger partial charge in [0.15, 0.2) is 15.6 Å². The van der Waals surface area contributed by atoms with Crippen molar-refractivity contribution in [2.24, 2.45) is 4.99 Å². The van der Waals surface area contributed by atoms with Gasteiger partial charge in [-0.2, -0.15) is 0 Å². The standard InChI is InChI=1S/C18H19ClN2O4S/c1-25-12-18(22)11-21(15-7-5-14(19)6-8-15)17(20-18)13-3-9-16(10-4-13)26(2,23)24/h3-10,22H,11-12H2,1-2H3. The zero-order valence-corrected chi connectivity index (χ0v) is 16.0.